The number of benzene rings is 1. The van der Waals surface area contributed by atoms with Crippen molar-refractivity contribution in [2.75, 3.05) is 6.54 Å². The molecule has 5 rings (SSSR count). The molecule has 1 atom stereocenters. The number of carbonyl (C=O) groups is 1. The molecule has 2 aliphatic heterocycles. The number of carbonyl (C=O) groups excluding carboxylic acids is 1. The Morgan fingerprint density at radius 1 is 1.11 bits per heavy atom. The largest absolute Gasteiger partial charge is 0.349 e. The van der Waals surface area contributed by atoms with E-state index in [1.165, 1.54) is 0 Å². The number of nitrogens with zero attached hydrogens (tertiary/aromatic N) is 3. The van der Waals surface area contributed by atoms with Gasteiger partial charge in [-0.15, -0.1) is 0 Å². The smallest absolute Gasteiger partial charge is 0.251 e. The maximum Gasteiger partial charge on any atom is 0.251 e. The van der Waals surface area contributed by atoms with Crippen LogP contribution in [0.3, 0.4) is 0 Å². The van der Waals surface area contributed by atoms with Gasteiger partial charge in [-0.1, -0.05) is 45.1 Å². The van der Waals surface area contributed by atoms with E-state index in [1.807, 2.05) is 24.3 Å². The third-order valence-corrected chi connectivity index (χ3v) is 6.36. The Bertz CT molecular complexity index is 1200. The first-order valence-corrected chi connectivity index (χ1v) is 12.5. The van der Waals surface area contributed by atoms with E-state index in [2.05, 4.69) is 71.8 Å². The van der Waals surface area contributed by atoms with Crippen LogP contribution in [-0.4, -0.2) is 34.2 Å². The molecule has 0 spiro atoms. The zero-order chi connectivity index (χ0) is 24.4. The number of aromatic nitrogens is 1. The van der Waals surface area contributed by atoms with Gasteiger partial charge in [-0.2, -0.15) is 0 Å². The fraction of sp³-hybridized carbons (Fsp3) is 0.345. The fourth-order valence-electron chi connectivity index (χ4n) is 4.24. The molecule has 0 bridgehead atoms. The summed E-state index contributed by atoms with van der Waals surface area (Å²) in [5.74, 6) is 1.72. The molecule has 1 unspecified atom stereocenters. The third kappa shape index (κ3) is 5.37. The monoisotopic (exact) mass is 467 g/mol. The topological polar surface area (TPSA) is 69.6 Å². The van der Waals surface area contributed by atoms with E-state index in [0.29, 0.717) is 23.4 Å². The van der Waals surface area contributed by atoms with Gasteiger partial charge in [-0.05, 0) is 60.9 Å². The van der Waals surface area contributed by atoms with Gasteiger partial charge in [-0.25, -0.2) is 0 Å². The van der Waals surface area contributed by atoms with Gasteiger partial charge in [-0.3, -0.25) is 14.8 Å². The van der Waals surface area contributed by atoms with E-state index < -0.39 is 0 Å². The molecule has 1 aliphatic carbocycles. The zero-order valence-electron chi connectivity index (χ0n) is 20.7. The third-order valence-electron chi connectivity index (χ3n) is 6.36. The molecule has 1 aromatic heterocycles. The van der Waals surface area contributed by atoms with Crippen LogP contribution >= 0.6 is 0 Å². The lowest BCUT2D eigenvalue weighted by molar-refractivity contribution is 0.0951. The lowest BCUT2D eigenvalue weighted by Crippen LogP contribution is -2.37. The van der Waals surface area contributed by atoms with Gasteiger partial charge in [0.1, 0.15) is 5.84 Å². The number of aliphatic imine (C=N–C) groups is 1. The Kier molecular flexibility index (Phi) is 6.53. The van der Waals surface area contributed by atoms with E-state index in [0.717, 1.165) is 59.9 Å². The van der Waals surface area contributed by atoms with E-state index >= 15 is 0 Å². The first-order valence-electron chi connectivity index (χ1n) is 12.5. The lowest BCUT2D eigenvalue weighted by atomic mass is 10.0. The van der Waals surface area contributed by atoms with Crippen LogP contribution in [0.5, 0.6) is 0 Å². The number of amidine groups is 1. The number of fused-ring (bicyclic) bond motifs is 1. The highest BCUT2D eigenvalue weighted by Gasteiger charge is 2.28. The van der Waals surface area contributed by atoms with Gasteiger partial charge in [0, 0.05) is 48.0 Å². The van der Waals surface area contributed by atoms with E-state index in [1.54, 1.807) is 12.4 Å². The van der Waals surface area contributed by atoms with Gasteiger partial charge in [0.25, 0.3) is 5.91 Å². The second kappa shape index (κ2) is 9.90. The molecule has 3 aliphatic rings. The summed E-state index contributed by atoms with van der Waals surface area (Å²) in [5.41, 5.74) is 5.97. The minimum Gasteiger partial charge on any atom is -0.349 e. The summed E-state index contributed by atoms with van der Waals surface area (Å²) < 4.78 is 0. The summed E-state index contributed by atoms with van der Waals surface area (Å²) in [7, 11) is 0. The van der Waals surface area contributed by atoms with E-state index in [4.69, 9.17) is 4.99 Å². The molecule has 6 heteroatoms. The number of rotatable bonds is 6. The van der Waals surface area contributed by atoms with Crippen molar-refractivity contribution in [1.29, 1.82) is 0 Å². The summed E-state index contributed by atoms with van der Waals surface area (Å²) in [6.45, 7) is 7.34. The number of hydrogen-bond acceptors (Lipinski definition) is 4. The number of amides is 1. The average molecular weight is 468 g/mol. The molecule has 1 fully saturated rings. The summed E-state index contributed by atoms with van der Waals surface area (Å²) in [4.78, 5) is 23.9. The molecule has 1 amide bonds. The molecule has 180 valence electrons. The van der Waals surface area contributed by atoms with Crippen LogP contribution in [0.4, 0.5) is 0 Å². The van der Waals surface area contributed by atoms with Crippen molar-refractivity contribution < 1.29 is 4.79 Å². The Balaban J connectivity index is 1.54. The standard InChI is InChI=1S/C29H33N5O/c1-19(2)17-31-28-26-11-4-20(3)16-27(34(26)18-25(33-28)21-12-14-30-15-13-21)22-5-7-23(8-6-22)29(35)32-24-9-10-24/h5-8,11-16,18-20,24H,4,9-10,17H2,1-3H3,(H,31,33)(H,32,35). The van der Waals surface area contributed by atoms with Crippen LogP contribution in [0.25, 0.3) is 11.4 Å². The summed E-state index contributed by atoms with van der Waals surface area (Å²) >= 11 is 0. The first-order chi connectivity index (χ1) is 17.0. The molecule has 1 aromatic carbocycles. The second-order valence-corrected chi connectivity index (χ2v) is 10.0. The summed E-state index contributed by atoms with van der Waals surface area (Å²) in [5, 5.41) is 6.65. The van der Waals surface area contributed by atoms with Crippen molar-refractivity contribution in [3.63, 3.8) is 0 Å². The van der Waals surface area contributed by atoms with Crippen molar-refractivity contribution in [1.82, 2.24) is 20.5 Å². The summed E-state index contributed by atoms with van der Waals surface area (Å²) in [6.07, 6.45) is 13.4. The number of allylic oxidation sites excluding steroid dienone is 2. The number of pyridine rings is 1. The molecule has 35 heavy (non-hydrogen) atoms. The van der Waals surface area contributed by atoms with E-state index in [-0.39, 0.29) is 5.91 Å². The highest BCUT2D eigenvalue weighted by Crippen LogP contribution is 2.34. The van der Waals surface area contributed by atoms with Gasteiger partial charge in [0.2, 0.25) is 0 Å². The SMILES string of the molecule is CC(C)CN=C1NC(c2ccncc2)=CN2C1=CCC(C)C=C2c1ccc(C(=O)NC2CC2)cc1. The molecule has 2 aromatic rings. The molecular formula is C29H33N5O. The molecule has 2 N–H and O–H groups in total. The second-order valence-electron chi connectivity index (χ2n) is 10.0. The maximum atomic E-state index is 12.5. The van der Waals surface area contributed by atoms with Crippen molar-refractivity contribution in [2.24, 2.45) is 16.8 Å². The Hall–Kier alpha value is -3.67. The number of hydrogen-bond donors (Lipinski definition) is 2. The average Bonchev–Trinajstić information content (AvgIpc) is 3.70. The Labute approximate surface area is 207 Å². The van der Waals surface area contributed by atoms with Gasteiger partial charge >= 0.3 is 0 Å². The Morgan fingerprint density at radius 2 is 1.86 bits per heavy atom. The molecule has 3 heterocycles. The number of nitrogens with one attached hydrogen (secondary N) is 2. The van der Waals surface area contributed by atoms with Crippen LogP contribution in [0.1, 0.15) is 61.5 Å². The van der Waals surface area contributed by atoms with Gasteiger partial charge in [0.15, 0.2) is 0 Å². The summed E-state index contributed by atoms with van der Waals surface area (Å²) in [6, 6.07) is 12.3. The van der Waals surface area contributed by atoms with E-state index in [9.17, 15) is 4.79 Å². The predicted octanol–water partition coefficient (Wildman–Crippen LogP) is 5.20. The van der Waals surface area contributed by atoms with Crippen molar-refractivity contribution in [3.05, 3.63) is 89.5 Å². The zero-order valence-corrected chi connectivity index (χ0v) is 20.7. The van der Waals surface area contributed by atoms with Gasteiger partial charge in [0.05, 0.1) is 11.4 Å². The van der Waals surface area contributed by atoms with Crippen LogP contribution < -0.4 is 10.6 Å². The van der Waals surface area contributed by atoms with Crippen molar-refractivity contribution in [3.8, 4) is 0 Å². The molecular weight excluding hydrogens is 434 g/mol. The normalized spacial score (nSPS) is 20.9. The van der Waals surface area contributed by atoms with Gasteiger partial charge < -0.3 is 15.5 Å². The molecule has 6 nitrogen and oxygen atoms in total. The molecule has 0 saturated heterocycles. The van der Waals surface area contributed by atoms with Crippen molar-refractivity contribution in [2.45, 2.75) is 46.1 Å². The van der Waals surface area contributed by atoms with Crippen LogP contribution in [0, 0.1) is 11.8 Å². The highest BCUT2D eigenvalue weighted by atomic mass is 16.1. The Morgan fingerprint density at radius 3 is 2.54 bits per heavy atom. The highest BCUT2D eigenvalue weighted by molar-refractivity contribution is 6.06. The minimum atomic E-state index is 0.00740. The van der Waals surface area contributed by atoms with Crippen molar-refractivity contribution >= 4 is 23.1 Å². The van der Waals surface area contributed by atoms with Crippen LogP contribution in [-0.2, 0) is 0 Å². The first kappa shape index (κ1) is 23.1. The maximum absolute atomic E-state index is 12.5. The quantitative estimate of drug-likeness (QED) is 0.613. The lowest BCUT2D eigenvalue weighted by Gasteiger charge is -2.33. The van der Waals surface area contributed by atoms with Crippen LogP contribution in [0.15, 0.2) is 77.8 Å². The van der Waals surface area contributed by atoms with Crippen LogP contribution in [0.2, 0.25) is 0 Å². The molecule has 0 radical (unpaired) electrons. The fourth-order valence-corrected chi connectivity index (χ4v) is 4.24. The molecule has 1 saturated carbocycles. The predicted molar refractivity (Wildman–Crippen MR) is 141 cm³/mol. The minimum absolute atomic E-state index is 0.00740.